The molecule has 1 unspecified atom stereocenters. The van der Waals surface area contributed by atoms with Crippen molar-refractivity contribution in [3.63, 3.8) is 0 Å². The third kappa shape index (κ3) is 4.14. The highest BCUT2D eigenvalue weighted by Crippen LogP contribution is 2.17. The SMILES string of the molecule is CCc1nc(C(C)NC(=O)COc2ccccc2C=O)cs1. The molecule has 1 aromatic carbocycles. The van der Waals surface area contributed by atoms with Crippen LogP contribution >= 0.6 is 11.3 Å². The summed E-state index contributed by atoms with van der Waals surface area (Å²) in [7, 11) is 0. The molecule has 1 atom stereocenters. The monoisotopic (exact) mass is 318 g/mol. The molecule has 1 amide bonds. The van der Waals surface area contributed by atoms with Gasteiger partial charge < -0.3 is 10.1 Å². The second-order valence-electron chi connectivity index (χ2n) is 4.75. The van der Waals surface area contributed by atoms with E-state index >= 15 is 0 Å². The van der Waals surface area contributed by atoms with Crippen molar-refractivity contribution >= 4 is 23.5 Å². The van der Waals surface area contributed by atoms with E-state index < -0.39 is 0 Å². The highest BCUT2D eigenvalue weighted by atomic mass is 32.1. The maximum absolute atomic E-state index is 11.9. The molecule has 0 aliphatic carbocycles. The zero-order chi connectivity index (χ0) is 15.9. The number of nitrogens with zero attached hydrogens (tertiary/aromatic N) is 1. The van der Waals surface area contributed by atoms with Crippen LogP contribution in [0.5, 0.6) is 5.75 Å². The molecule has 0 bridgehead atoms. The van der Waals surface area contributed by atoms with Crippen LogP contribution in [0.4, 0.5) is 0 Å². The molecule has 0 saturated carbocycles. The summed E-state index contributed by atoms with van der Waals surface area (Å²) in [5.41, 5.74) is 1.28. The molecule has 22 heavy (non-hydrogen) atoms. The van der Waals surface area contributed by atoms with Crippen LogP contribution < -0.4 is 10.1 Å². The number of ether oxygens (including phenoxy) is 1. The Labute approximate surface area is 133 Å². The first-order valence-corrected chi connectivity index (χ1v) is 7.92. The molecular formula is C16H18N2O3S. The van der Waals surface area contributed by atoms with Gasteiger partial charge in [-0.1, -0.05) is 19.1 Å². The number of carbonyl (C=O) groups is 2. The number of hydrogen-bond donors (Lipinski definition) is 1. The van der Waals surface area contributed by atoms with Crippen LogP contribution in [0.2, 0.25) is 0 Å². The summed E-state index contributed by atoms with van der Waals surface area (Å²) >= 11 is 1.59. The van der Waals surface area contributed by atoms with Gasteiger partial charge in [0.05, 0.1) is 22.3 Å². The molecular weight excluding hydrogens is 300 g/mol. The second kappa shape index (κ2) is 7.70. The molecule has 0 fully saturated rings. The lowest BCUT2D eigenvalue weighted by Crippen LogP contribution is -2.31. The summed E-state index contributed by atoms with van der Waals surface area (Å²) in [5, 5.41) is 5.83. The number of aromatic nitrogens is 1. The quantitative estimate of drug-likeness (QED) is 0.797. The summed E-state index contributed by atoms with van der Waals surface area (Å²) in [6.45, 7) is 3.79. The molecule has 1 aromatic heterocycles. The zero-order valence-electron chi connectivity index (χ0n) is 12.5. The predicted molar refractivity (Wildman–Crippen MR) is 85.4 cm³/mol. The minimum atomic E-state index is -0.251. The van der Waals surface area contributed by atoms with Gasteiger partial charge >= 0.3 is 0 Å². The number of benzene rings is 1. The minimum Gasteiger partial charge on any atom is -0.483 e. The molecule has 2 rings (SSSR count). The summed E-state index contributed by atoms with van der Waals surface area (Å²) in [5.74, 6) is 0.154. The third-order valence-corrected chi connectivity index (χ3v) is 4.11. The van der Waals surface area contributed by atoms with Gasteiger partial charge in [0.25, 0.3) is 5.91 Å². The Hall–Kier alpha value is -2.21. The molecule has 0 radical (unpaired) electrons. The number of aldehydes is 1. The van der Waals surface area contributed by atoms with Gasteiger partial charge in [0.1, 0.15) is 5.75 Å². The van der Waals surface area contributed by atoms with Gasteiger partial charge in [-0.25, -0.2) is 4.98 Å². The number of rotatable bonds is 7. The number of amides is 1. The van der Waals surface area contributed by atoms with E-state index in [1.807, 2.05) is 19.2 Å². The molecule has 1 heterocycles. The molecule has 0 spiro atoms. The van der Waals surface area contributed by atoms with Crippen LogP contribution in [-0.2, 0) is 11.2 Å². The van der Waals surface area contributed by atoms with Gasteiger partial charge in [-0.05, 0) is 25.5 Å². The van der Waals surface area contributed by atoms with Crippen LogP contribution in [0, 0.1) is 0 Å². The van der Waals surface area contributed by atoms with Gasteiger partial charge in [0.2, 0.25) is 0 Å². The van der Waals surface area contributed by atoms with Crippen LogP contribution in [0.15, 0.2) is 29.6 Å². The first-order valence-electron chi connectivity index (χ1n) is 7.04. The Morgan fingerprint density at radius 3 is 2.91 bits per heavy atom. The van der Waals surface area contributed by atoms with E-state index in [1.54, 1.807) is 35.6 Å². The van der Waals surface area contributed by atoms with Crippen LogP contribution in [0.3, 0.4) is 0 Å². The Morgan fingerprint density at radius 2 is 2.23 bits per heavy atom. The standard InChI is InChI=1S/C16H18N2O3S/c1-3-16-18-13(10-22-16)11(2)17-15(20)9-21-14-7-5-4-6-12(14)8-19/h4-8,10-11H,3,9H2,1-2H3,(H,17,20). The van der Waals surface area contributed by atoms with E-state index in [1.165, 1.54) is 0 Å². The molecule has 5 nitrogen and oxygen atoms in total. The molecule has 2 aromatic rings. The number of aryl methyl sites for hydroxylation is 1. The highest BCUT2D eigenvalue weighted by Gasteiger charge is 2.13. The molecule has 0 aliphatic heterocycles. The average Bonchev–Trinajstić information content (AvgIpc) is 3.02. The van der Waals surface area contributed by atoms with Crippen LogP contribution in [0.1, 0.15) is 40.9 Å². The average molecular weight is 318 g/mol. The number of carbonyl (C=O) groups excluding carboxylic acids is 2. The lowest BCUT2D eigenvalue weighted by atomic mass is 10.2. The number of nitrogens with one attached hydrogen (secondary N) is 1. The molecule has 6 heteroatoms. The summed E-state index contributed by atoms with van der Waals surface area (Å²) in [6.07, 6.45) is 1.59. The van der Waals surface area contributed by atoms with Crippen LogP contribution in [-0.4, -0.2) is 23.8 Å². The van der Waals surface area contributed by atoms with Crippen molar-refractivity contribution in [1.29, 1.82) is 0 Å². The largest absolute Gasteiger partial charge is 0.483 e. The number of para-hydroxylation sites is 1. The van der Waals surface area contributed by atoms with Gasteiger partial charge in [-0.3, -0.25) is 9.59 Å². The lowest BCUT2D eigenvalue weighted by molar-refractivity contribution is -0.123. The summed E-state index contributed by atoms with van der Waals surface area (Å²) in [6, 6.07) is 6.63. The second-order valence-corrected chi connectivity index (χ2v) is 5.70. The smallest absolute Gasteiger partial charge is 0.258 e. The normalized spacial score (nSPS) is 11.7. The number of thiazole rings is 1. The van der Waals surface area contributed by atoms with E-state index in [4.69, 9.17) is 4.74 Å². The van der Waals surface area contributed by atoms with Crippen molar-refractivity contribution in [3.05, 3.63) is 45.9 Å². The van der Waals surface area contributed by atoms with Gasteiger partial charge in [0.15, 0.2) is 12.9 Å². The third-order valence-electron chi connectivity index (χ3n) is 3.10. The first-order chi connectivity index (χ1) is 10.6. The fourth-order valence-electron chi connectivity index (χ4n) is 1.90. The van der Waals surface area contributed by atoms with E-state index in [0.717, 1.165) is 17.1 Å². The van der Waals surface area contributed by atoms with E-state index in [9.17, 15) is 9.59 Å². The maximum atomic E-state index is 11.9. The van der Waals surface area contributed by atoms with Crippen molar-refractivity contribution in [2.24, 2.45) is 0 Å². The van der Waals surface area contributed by atoms with Crippen molar-refractivity contribution in [3.8, 4) is 5.75 Å². The molecule has 116 valence electrons. The van der Waals surface area contributed by atoms with Crippen LogP contribution in [0.25, 0.3) is 0 Å². The summed E-state index contributed by atoms with van der Waals surface area (Å²) in [4.78, 5) is 27.2. The highest BCUT2D eigenvalue weighted by molar-refractivity contribution is 7.09. The summed E-state index contributed by atoms with van der Waals surface area (Å²) < 4.78 is 5.39. The van der Waals surface area contributed by atoms with Crippen molar-refractivity contribution in [2.45, 2.75) is 26.3 Å². The fourth-order valence-corrected chi connectivity index (χ4v) is 2.73. The fraction of sp³-hybridized carbons (Fsp3) is 0.312. The van der Waals surface area contributed by atoms with E-state index in [0.29, 0.717) is 17.6 Å². The molecule has 0 saturated heterocycles. The predicted octanol–water partition coefficient (Wildman–Crippen LogP) is 2.77. The van der Waals surface area contributed by atoms with Crippen molar-refractivity contribution < 1.29 is 14.3 Å². The maximum Gasteiger partial charge on any atom is 0.258 e. The molecule has 1 N–H and O–H groups in total. The Kier molecular flexibility index (Phi) is 5.66. The minimum absolute atomic E-state index is 0.139. The van der Waals surface area contributed by atoms with Gasteiger partial charge in [-0.2, -0.15) is 0 Å². The first kappa shape index (κ1) is 16.2. The number of hydrogen-bond acceptors (Lipinski definition) is 5. The van der Waals surface area contributed by atoms with Crippen molar-refractivity contribution in [2.75, 3.05) is 6.61 Å². The van der Waals surface area contributed by atoms with E-state index in [-0.39, 0.29) is 18.6 Å². The lowest BCUT2D eigenvalue weighted by Gasteiger charge is -2.13. The Balaban J connectivity index is 1.88. The molecule has 0 aliphatic rings. The van der Waals surface area contributed by atoms with E-state index in [2.05, 4.69) is 10.3 Å². The topological polar surface area (TPSA) is 68.3 Å². The zero-order valence-corrected chi connectivity index (χ0v) is 13.4. The van der Waals surface area contributed by atoms with Gasteiger partial charge in [0, 0.05) is 5.38 Å². The van der Waals surface area contributed by atoms with Gasteiger partial charge in [-0.15, -0.1) is 11.3 Å². The Morgan fingerprint density at radius 1 is 1.45 bits per heavy atom. The Bertz CT molecular complexity index is 654. The van der Waals surface area contributed by atoms with Crippen molar-refractivity contribution in [1.82, 2.24) is 10.3 Å².